The Morgan fingerprint density at radius 2 is 1.82 bits per heavy atom. The maximum atomic E-state index is 12.9. The number of carboxylic acids is 1. The molecule has 1 heterocycles. The van der Waals surface area contributed by atoms with E-state index in [1.54, 1.807) is 0 Å². The molecule has 0 aliphatic heterocycles. The summed E-state index contributed by atoms with van der Waals surface area (Å²) in [6, 6.07) is 5.55. The van der Waals surface area contributed by atoms with Crippen LogP contribution in [0.1, 0.15) is 9.67 Å². The molecule has 0 saturated carbocycles. The number of carboxylic acid groups (broad SMARTS) is 1. The molecule has 0 aliphatic rings. The molecule has 0 saturated heterocycles. The summed E-state index contributed by atoms with van der Waals surface area (Å²) in [5.74, 6) is -2.60. The maximum Gasteiger partial charge on any atom is 0.345 e. The van der Waals surface area contributed by atoms with Crippen molar-refractivity contribution >= 4 is 17.3 Å². The molecular weight excluding hydrogens is 250 g/mol. The third-order valence-electron chi connectivity index (χ3n) is 1.85. The molecular formula is C11H6F2O3S. The van der Waals surface area contributed by atoms with Gasteiger partial charge in [0.25, 0.3) is 0 Å². The maximum absolute atomic E-state index is 12.9. The van der Waals surface area contributed by atoms with Gasteiger partial charge in [-0.15, -0.1) is 0 Å². The minimum atomic E-state index is -1.07. The molecule has 1 aromatic carbocycles. The van der Waals surface area contributed by atoms with Gasteiger partial charge in [-0.2, -0.15) is 0 Å². The quantitative estimate of drug-likeness (QED) is 0.913. The molecule has 0 aliphatic carbocycles. The van der Waals surface area contributed by atoms with Crippen molar-refractivity contribution in [3.8, 4) is 10.8 Å². The van der Waals surface area contributed by atoms with Gasteiger partial charge < -0.3 is 9.84 Å². The predicted octanol–water partition coefficient (Wildman–Crippen LogP) is 3.52. The van der Waals surface area contributed by atoms with E-state index in [-0.39, 0.29) is 15.7 Å². The number of halogens is 2. The van der Waals surface area contributed by atoms with Crippen molar-refractivity contribution in [2.75, 3.05) is 0 Å². The first kappa shape index (κ1) is 11.5. The molecule has 0 atom stereocenters. The Kier molecular flexibility index (Phi) is 3.06. The largest absolute Gasteiger partial charge is 0.477 e. The number of ether oxygens (including phenoxy) is 1. The van der Waals surface area contributed by atoms with E-state index >= 15 is 0 Å². The Morgan fingerprint density at radius 3 is 2.35 bits per heavy atom. The Morgan fingerprint density at radius 1 is 1.18 bits per heavy atom. The van der Waals surface area contributed by atoms with Crippen molar-refractivity contribution in [2.24, 2.45) is 0 Å². The second kappa shape index (κ2) is 4.50. The number of benzene rings is 1. The van der Waals surface area contributed by atoms with E-state index in [1.165, 1.54) is 12.1 Å². The van der Waals surface area contributed by atoms with E-state index in [0.717, 1.165) is 29.5 Å². The fraction of sp³-hybridized carbons (Fsp3) is 0. The Hall–Kier alpha value is -1.95. The number of aromatic carboxylic acids is 1. The van der Waals surface area contributed by atoms with Crippen LogP contribution in [0.2, 0.25) is 0 Å². The highest BCUT2D eigenvalue weighted by molar-refractivity contribution is 7.15. The second-order valence-corrected chi connectivity index (χ2v) is 4.18. The van der Waals surface area contributed by atoms with E-state index in [2.05, 4.69) is 0 Å². The highest BCUT2D eigenvalue weighted by atomic mass is 32.1. The first-order chi connectivity index (χ1) is 8.04. The molecule has 0 fully saturated rings. The molecule has 6 heteroatoms. The Balaban J connectivity index is 2.22. The van der Waals surface area contributed by atoms with E-state index in [1.807, 2.05) is 0 Å². The topological polar surface area (TPSA) is 46.5 Å². The van der Waals surface area contributed by atoms with Crippen LogP contribution in [0.4, 0.5) is 8.78 Å². The molecule has 0 radical (unpaired) electrons. The van der Waals surface area contributed by atoms with E-state index in [9.17, 15) is 13.6 Å². The zero-order valence-electron chi connectivity index (χ0n) is 8.31. The number of hydrogen-bond donors (Lipinski definition) is 1. The number of carbonyl (C=O) groups is 1. The van der Waals surface area contributed by atoms with Crippen LogP contribution in [-0.4, -0.2) is 11.1 Å². The Labute approximate surface area is 98.9 Å². The lowest BCUT2D eigenvalue weighted by atomic mass is 10.3. The number of rotatable bonds is 3. The minimum absolute atomic E-state index is 0.0127. The van der Waals surface area contributed by atoms with Crippen LogP contribution in [-0.2, 0) is 0 Å². The van der Waals surface area contributed by atoms with Crippen molar-refractivity contribution in [3.63, 3.8) is 0 Å². The average molecular weight is 256 g/mol. The summed E-state index contributed by atoms with van der Waals surface area (Å²) < 4.78 is 30.9. The molecule has 0 bridgehead atoms. The summed E-state index contributed by atoms with van der Waals surface area (Å²) in [6.07, 6.45) is 0. The molecule has 17 heavy (non-hydrogen) atoms. The van der Waals surface area contributed by atoms with Gasteiger partial charge in [-0.3, -0.25) is 0 Å². The minimum Gasteiger partial charge on any atom is -0.477 e. The van der Waals surface area contributed by atoms with Crippen LogP contribution < -0.4 is 4.74 Å². The van der Waals surface area contributed by atoms with Crippen LogP contribution in [0.5, 0.6) is 10.8 Å². The molecule has 2 aromatic rings. The SMILES string of the molecule is O=C(O)c1ccc(Oc2cc(F)cc(F)c2)s1. The van der Waals surface area contributed by atoms with Crippen molar-refractivity contribution in [2.45, 2.75) is 0 Å². The molecule has 1 N–H and O–H groups in total. The van der Waals surface area contributed by atoms with Gasteiger partial charge in [0, 0.05) is 18.2 Å². The summed E-state index contributed by atoms with van der Waals surface area (Å²) in [7, 11) is 0. The summed E-state index contributed by atoms with van der Waals surface area (Å²) in [5, 5.41) is 8.94. The normalized spacial score (nSPS) is 10.2. The summed E-state index contributed by atoms with van der Waals surface area (Å²) in [4.78, 5) is 10.7. The standard InChI is InChI=1S/C11H6F2O3S/c12-6-3-7(13)5-8(4-6)16-10-2-1-9(17-10)11(14)15/h1-5H,(H,14,15). The van der Waals surface area contributed by atoms with Gasteiger partial charge in [0.15, 0.2) is 5.06 Å². The first-order valence-corrected chi connectivity index (χ1v) is 5.33. The van der Waals surface area contributed by atoms with Crippen molar-refractivity contribution in [1.82, 2.24) is 0 Å². The predicted molar refractivity (Wildman–Crippen MR) is 57.7 cm³/mol. The fourth-order valence-electron chi connectivity index (χ4n) is 1.19. The van der Waals surface area contributed by atoms with Crippen LogP contribution in [0.15, 0.2) is 30.3 Å². The van der Waals surface area contributed by atoms with Crippen molar-refractivity contribution in [1.29, 1.82) is 0 Å². The second-order valence-electron chi connectivity index (χ2n) is 3.13. The number of thiophene rings is 1. The monoisotopic (exact) mass is 256 g/mol. The van der Waals surface area contributed by atoms with Gasteiger partial charge >= 0.3 is 5.97 Å². The molecule has 0 amide bonds. The highest BCUT2D eigenvalue weighted by Crippen LogP contribution is 2.30. The lowest BCUT2D eigenvalue weighted by Crippen LogP contribution is -1.89. The van der Waals surface area contributed by atoms with Gasteiger partial charge in [-0.25, -0.2) is 13.6 Å². The van der Waals surface area contributed by atoms with Crippen LogP contribution in [0.3, 0.4) is 0 Å². The fourth-order valence-corrected chi connectivity index (χ4v) is 1.91. The van der Waals surface area contributed by atoms with Gasteiger partial charge in [0.1, 0.15) is 22.3 Å². The van der Waals surface area contributed by atoms with Crippen LogP contribution in [0.25, 0.3) is 0 Å². The summed E-state index contributed by atoms with van der Waals surface area (Å²) >= 11 is 0.881. The summed E-state index contributed by atoms with van der Waals surface area (Å²) in [5.41, 5.74) is 0. The first-order valence-electron chi connectivity index (χ1n) is 4.51. The van der Waals surface area contributed by atoms with E-state index in [0.29, 0.717) is 0 Å². The average Bonchev–Trinajstić information content (AvgIpc) is 2.64. The lowest BCUT2D eigenvalue weighted by molar-refractivity contribution is 0.0702. The third-order valence-corrected chi connectivity index (χ3v) is 2.80. The lowest BCUT2D eigenvalue weighted by Gasteiger charge is -2.02. The number of hydrogen-bond acceptors (Lipinski definition) is 3. The summed E-state index contributed by atoms with van der Waals surface area (Å²) in [6.45, 7) is 0. The molecule has 3 nitrogen and oxygen atoms in total. The third kappa shape index (κ3) is 2.79. The molecule has 0 unspecified atom stereocenters. The Bertz CT molecular complexity index is 545. The van der Waals surface area contributed by atoms with E-state index < -0.39 is 17.6 Å². The molecule has 2 rings (SSSR count). The zero-order valence-corrected chi connectivity index (χ0v) is 9.13. The van der Waals surface area contributed by atoms with Gasteiger partial charge in [-0.05, 0) is 12.1 Å². The highest BCUT2D eigenvalue weighted by Gasteiger charge is 2.09. The van der Waals surface area contributed by atoms with Crippen LogP contribution >= 0.6 is 11.3 Å². The van der Waals surface area contributed by atoms with Crippen molar-refractivity contribution in [3.05, 3.63) is 46.8 Å². The molecule has 0 spiro atoms. The molecule has 1 aromatic heterocycles. The molecule has 88 valence electrons. The van der Waals surface area contributed by atoms with E-state index in [4.69, 9.17) is 9.84 Å². The van der Waals surface area contributed by atoms with Crippen molar-refractivity contribution < 1.29 is 23.4 Å². The smallest absolute Gasteiger partial charge is 0.345 e. The van der Waals surface area contributed by atoms with Crippen LogP contribution in [0, 0.1) is 11.6 Å². The van der Waals surface area contributed by atoms with Gasteiger partial charge in [0.2, 0.25) is 0 Å². The zero-order chi connectivity index (χ0) is 12.4. The van der Waals surface area contributed by atoms with Gasteiger partial charge in [-0.1, -0.05) is 11.3 Å². The van der Waals surface area contributed by atoms with Gasteiger partial charge in [0.05, 0.1) is 0 Å².